The Kier molecular flexibility index (Phi) is 6.33. The largest absolute Gasteiger partial charge is 0.489 e. The Morgan fingerprint density at radius 1 is 0.971 bits per heavy atom. The summed E-state index contributed by atoms with van der Waals surface area (Å²) in [5.41, 5.74) is 1.97. The van der Waals surface area contributed by atoms with E-state index in [0.29, 0.717) is 22.7 Å². The number of aryl methyl sites for hydroxylation is 1. The second-order valence-electron chi connectivity index (χ2n) is 8.31. The van der Waals surface area contributed by atoms with Gasteiger partial charge in [-0.15, -0.1) is 10.2 Å². The number of aromatic nitrogens is 3. The number of carbonyl (C=O) groups excluding carboxylic acids is 1. The maximum atomic E-state index is 14.7. The first-order valence-electron chi connectivity index (χ1n) is 11.5. The summed E-state index contributed by atoms with van der Waals surface area (Å²) >= 11 is 0. The molecule has 4 aromatic rings. The van der Waals surface area contributed by atoms with E-state index in [1.165, 1.54) is 6.07 Å². The number of hydrogen-bond donors (Lipinski definition) is 1. The predicted octanol–water partition coefficient (Wildman–Crippen LogP) is 5.64. The molecule has 0 radical (unpaired) electrons. The van der Waals surface area contributed by atoms with Crippen LogP contribution in [0, 0.1) is 5.82 Å². The highest BCUT2D eigenvalue weighted by atomic mass is 19.1. The Balaban J connectivity index is 1.37. The van der Waals surface area contributed by atoms with Crippen LogP contribution in [-0.2, 0) is 19.6 Å². The van der Waals surface area contributed by atoms with Crippen molar-refractivity contribution in [2.24, 2.45) is 0 Å². The Bertz CT molecular complexity index is 1300. The summed E-state index contributed by atoms with van der Waals surface area (Å²) in [6, 6.07) is 21.2. The van der Waals surface area contributed by atoms with E-state index >= 15 is 0 Å². The molecule has 34 heavy (non-hydrogen) atoms. The summed E-state index contributed by atoms with van der Waals surface area (Å²) in [6.07, 6.45) is 4.20. The number of ether oxygens (including phenoxy) is 1. The van der Waals surface area contributed by atoms with Gasteiger partial charge in [-0.2, -0.15) is 0 Å². The molecular formula is C27H25FN4O2. The number of amides is 1. The van der Waals surface area contributed by atoms with Gasteiger partial charge in [0.1, 0.15) is 24.0 Å². The number of anilines is 1. The minimum atomic E-state index is -0.509. The summed E-state index contributed by atoms with van der Waals surface area (Å²) in [5, 5.41) is 11.4. The maximum Gasteiger partial charge on any atom is 0.256 e. The average molecular weight is 457 g/mol. The van der Waals surface area contributed by atoms with Crippen LogP contribution in [0.2, 0.25) is 0 Å². The third kappa shape index (κ3) is 4.69. The zero-order valence-electron chi connectivity index (χ0n) is 18.7. The van der Waals surface area contributed by atoms with Crippen molar-refractivity contribution in [2.75, 3.05) is 5.32 Å². The quantitative estimate of drug-likeness (QED) is 0.408. The molecule has 0 saturated carbocycles. The molecule has 6 nitrogen and oxygen atoms in total. The maximum absolute atomic E-state index is 14.7. The van der Waals surface area contributed by atoms with E-state index in [1.54, 1.807) is 24.3 Å². The summed E-state index contributed by atoms with van der Waals surface area (Å²) in [5.74, 6) is 1.46. The Morgan fingerprint density at radius 2 is 1.79 bits per heavy atom. The molecule has 0 spiro atoms. The lowest BCUT2D eigenvalue weighted by Crippen LogP contribution is -2.16. The molecule has 0 bridgehead atoms. The first kappa shape index (κ1) is 21.8. The molecule has 0 unspecified atom stereocenters. The zero-order valence-corrected chi connectivity index (χ0v) is 18.7. The molecule has 3 aromatic carbocycles. The highest BCUT2D eigenvalue weighted by Gasteiger charge is 2.19. The number of carbonyl (C=O) groups is 1. The van der Waals surface area contributed by atoms with E-state index in [4.69, 9.17) is 4.74 Å². The lowest BCUT2D eigenvalue weighted by molar-refractivity contribution is 0.102. The van der Waals surface area contributed by atoms with Crippen LogP contribution >= 0.6 is 0 Å². The van der Waals surface area contributed by atoms with Gasteiger partial charge >= 0.3 is 0 Å². The summed E-state index contributed by atoms with van der Waals surface area (Å²) in [7, 11) is 0. The molecule has 0 saturated heterocycles. The summed E-state index contributed by atoms with van der Waals surface area (Å²) in [4.78, 5) is 13.1. The van der Waals surface area contributed by atoms with E-state index in [2.05, 4.69) is 20.1 Å². The number of hydrogen-bond acceptors (Lipinski definition) is 4. The fraction of sp³-hybridized carbons (Fsp3) is 0.222. The van der Waals surface area contributed by atoms with Crippen LogP contribution in [0.25, 0.3) is 11.4 Å². The molecule has 0 atom stereocenters. The molecule has 172 valence electrons. The van der Waals surface area contributed by atoms with Crippen molar-refractivity contribution >= 4 is 11.6 Å². The van der Waals surface area contributed by atoms with E-state index < -0.39 is 11.7 Å². The molecule has 1 aromatic heterocycles. The molecule has 0 fully saturated rings. The van der Waals surface area contributed by atoms with Crippen molar-refractivity contribution in [3.63, 3.8) is 0 Å². The van der Waals surface area contributed by atoms with E-state index in [-0.39, 0.29) is 12.3 Å². The fourth-order valence-corrected chi connectivity index (χ4v) is 4.19. The van der Waals surface area contributed by atoms with Crippen LogP contribution in [0.3, 0.4) is 0 Å². The lowest BCUT2D eigenvalue weighted by atomic mass is 10.1. The van der Waals surface area contributed by atoms with Gasteiger partial charge < -0.3 is 14.6 Å². The number of benzene rings is 3. The lowest BCUT2D eigenvalue weighted by Gasteiger charge is -2.13. The minimum absolute atomic E-state index is 0.104. The molecular weight excluding hydrogens is 431 g/mol. The molecule has 1 aliphatic rings. The Hall–Kier alpha value is -4.00. The van der Waals surface area contributed by atoms with Crippen molar-refractivity contribution in [3.05, 3.63) is 95.6 Å². The van der Waals surface area contributed by atoms with Gasteiger partial charge in [-0.1, -0.05) is 42.8 Å². The number of nitrogens with one attached hydrogen (secondary N) is 1. The first-order chi connectivity index (χ1) is 16.7. The van der Waals surface area contributed by atoms with E-state index in [1.807, 2.05) is 42.5 Å². The van der Waals surface area contributed by atoms with Crippen LogP contribution in [0.15, 0.2) is 72.8 Å². The van der Waals surface area contributed by atoms with Gasteiger partial charge in [-0.05, 0) is 49.2 Å². The van der Waals surface area contributed by atoms with Gasteiger partial charge in [0.15, 0.2) is 5.82 Å². The van der Waals surface area contributed by atoms with Crippen molar-refractivity contribution in [1.29, 1.82) is 0 Å². The van der Waals surface area contributed by atoms with Gasteiger partial charge in [0.05, 0.1) is 5.69 Å². The second kappa shape index (κ2) is 9.87. The topological polar surface area (TPSA) is 69.0 Å². The third-order valence-electron chi connectivity index (χ3n) is 5.98. The number of fused-ring (bicyclic) bond motifs is 1. The highest BCUT2D eigenvalue weighted by molar-refractivity contribution is 6.05. The molecule has 2 heterocycles. The van der Waals surface area contributed by atoms with Gasteiger partial charge in [0, 0.05) is 29.7 Å². The fourth-order valence-electron chi connectivity index (χ4n) is 4.19. The normalized spacial score (nSPS) is 13.1. The van der Waals surface area contributed by atoms with Crippen LogP contribution < -0.4 is 10.1 Å². The second-order valence-corrected chi connectivity index (χ2v) is 8.31. The van der Waals surface area contributed by atoms with Crippen molar-refractivity contribution in [3.8, 4) is 17.1 Å². The van der Waals surface area contributed by atoms with Crippen LogP contribution in [0.5, 0.6) is 5.75 Å². The minimum Gasteiger partial charge on any atom is -0.489 e. The van der Waals surface area contributed by atoms with E-state index in [9.17, 15) is 9.18 Å². The standard InChI is InChI=1S/C27H25FN4O2/c28-23-15-14-19(26-31-30-25-13-5-2-8-16-32(25)26)17-24(23)29-27(33)22-12-7-6-9-20(22)18-34-21-10-3-1-4-11-21/h1,3-4,6-7,9-12,14-15,17H,2,5,8,13,16,18H2,(H,29,33). The molecule has 1 amide bonds. The monoisotopic (exact) mass is 456 g/mol. The number of rotatable bonds is 6. The number of halogens is 1. The van der Waals surface area contributed by atoms with Crippen molar-refractivity contribution in [2.45, 2.75) is 38.8 Å². The average Bonchev–Trinajstić information content (AvgIpc) is 3.12. The first-order valence-corrected chi connectivity index (χ1v) is 11.5. The van der Waals surface area contributed by atoms with Crippen LogP contribution in [0.1, 0.15) is 41.0 Å². The van der Waals surface area contributed by atoms with Crippen molar-refractivity contribution in [1.82, 2.24) is 14.8 Å². The van der Waals surface area contributed by atoms with E-state index in [0.717, 1.165) is 43.6 Å². The zero-order chi connectivity index (χ0) is 23.3. The molecule has 1 aliphatic heterocycles. The molecule has 0 aliphatic carbocycles. The van der Waals surface area contributed by atoms with Gasteiger partial charge in [0.2, 0.25) is 0 Å². The predicted molar refractivity (Wildman–Crippen MR) is 128 cm³/mol. The molecule has 5 rings (SSSR count). The Labute approximate surface area is 197 Å². The molecule has 7 heteroatoms. The van der Waals surface area contributed by atoms with Gasteiger partial charge in [-0.3, -0.25) is 4.79 Å². The highest BCUT2D eigenvalue weighted by Crippen LogP contribution is 2.27. The van der Waals surface area contributed by atoms with Crippen LogP contribution in [-0.4, -0.2) is 20.7 Å². The number of para-hydroxylation sites is 1. The summed E-state index contributed by atoms with van der Waals surface area (Å²) in [6.45, 7) is 1.06. The van der Waals surface area contributed by atoms with Gasteiger partial charge in [0.25, 0.3) is 5.91 Å². The SMILES string of the molecule is O=C(Nc1cc(-c2nnc3n2CCCCC3)ccc1F)c1ccccc1COc1ccccc1. The smallest absolute Gasteiger partial charge is 0.256 e. The van der Waals surface area contributed by atoms with Gasteiger partial charge in [-0.25, -0.2) is 4.39 Å². The van der Waals surface area contributed by atoms with Crippen LogP contribution in [0.4, 0.5) is 10.1 Å². The number of nitrogens with zero attached hydrogens (tertiary/aromatic N) is 3. The molecule has 1 N–H and O–H groups in total. The van der Waals surface area contributed by atoms with Crippen molar-refractivity contribution < 1.29 is 13.9 Å². The Morgan fingerprint density at radius 3 is 2.68 bits per heavy atom. The summed E-state index contributed by atoms with van der Waals surface area (Å²) < 4.78 is 22.6. The third-order valence-corrected chi connectivity index (χ3v) is 5.98.